The fraction of sp³-hybridized carbons (Fsp3) is 0.647. The Kier molecular flexibility index (Phi) is 5.87. The minimum atomic E-state index is 0.538. The maximum absolute atomic E-state index is 5.47. The highest BCUT2D eigenvalue weighted by Gasteiger charge is 2.27. The van der Waals surface area contributed by atoms with Crippen molar-refractivity contribution in [1.82, 2.24) is 5.32 Å². The van der Waals surface area contributed by atoms with E-state index in [9.17, 15) is 0 Å². The van der Waals surface area contributed by atoms with Gasteiger partial charge in [0.2, 0.25) is 0 Å². The Hall–Kier alpha value is -0.860. The van der Waals surface area contributed by atoms with E-state index in [0.717, 1.165) is 25.7 Å². The van der Waals surface area contributed by atoms with Crippen LogP contribution < -0.4 is 5.32 Å². The lowest BCUT2D eigenvalue weighted by Gasteiger charge is -2.34. The van der Waals surface area contributed by atoms with Gasteiger partial charge in [-0.25, -0.2) is 0 Å². The van der Waals surface area contributed by atoms with Crippen LogP contribution in [0.5, 0.6) is 0 Å². The monoisotopic (exact) mass is 261 g/mol. The summed E-state index contributed by atoms with van der Waals surface area (Å²) >= 11 is 0. The standard InChI is InChI=1S/C17H27NO/c1-3-18-17-15(9-7-13-19-4-2)12-11-14-8-5-6-10-16(14)17/h5-6,8,10,15,17-18H,3-4,7,9,11-13H2,1-2H3. The fourth-order valence-electron chi connectivity index (χ4n) is 3.23. The average molecular weight is 261 g/mol. The molecule has 1 aliphatic rings. The van der Waals surface area contributed by atoms with Crippen LogP contribution in [0, 0.1) is 5.92 Å². The van der Waals surface area contributed by atoms with E-state index in [2.05, 4.69) is 43.4 Å². The maximum Gasteiger partial charge on any atom is 0.0466 e. The predicted molar refractivity (Wildman–Crippen MR) is 80.4 cm³/mol. The molecular weight excluding hydrogens is 234 g/mol. The van der Waals surface area contributed by atoms with E-state index in [0.29, 0.717) is 6.04 Å². The minimum absolute atomic E-state index is 0.538. The number of nitrogens with one attached hydrogen (secondary N) is 1. The quantitative estimate of drug-likeness (QED) is 0.755. The Labute approximate surface area is 117 Å². The van der Waals surface area contributed by atoms with Gasteiger partial charge in [-0.2, -0.15) is 0 Å². The maximum atomic E-state index is 5.47. The number of hydrogen-bond donors (Lipinski definition) is 1. The normalized spacial score (nSPS) is 22.2. The molecule has 1 aromatic rings. The Bertz CT molecular complexity index is 377. The van der Waals surface area contributed by atoms with Crippen molar-refractivity contribution < 1.29 is 4.74 Å². The molecule has 2 atom stereocenters. The average Bonchev–Trinajstić information content (AvgIpc) is 2.45. The summed E-state index contributed by atoms with van der Waals surface area (Å²) in [5, 5.41) is 3.69. The minimum Gasteiger partial charge on any atom is -0.382 e. The molecule has 0 heterocycles. The third-order valence-electron chi connectivity index (χ3n) is 4.14. The third kappa shape index (κ3) is 3.80. The third-order valence-corrected chi connectivity index (χ3v) is 4.14. The molecule has 2 heteroatoms. The van der Waals surface area contributed by atoms with Crippen molar-refractivity contribution in [3.63, 3.8) is 0 Å². The van der Waals surface area contributed by atoms with Crippen LogP contribution in [0.4, 0.5) is 0 Å². The summed E-state index contributed by atoms with van der Waals surface area (Å²) in [5.41, 5.74) is 3.06. The van der Waals surface area contributed by atoms with Crippen LogP contribution in [-0.4, -0.2) is 19.8 Å². The lowest BCUT2D eigenvalue weighted by molar-refractivity contribution is 0.135. The van der Waals surface area contributed by atoms with Gasteiger partial charge in [-0.1, -0.05) is 31.2 Å². The van der Waals surface area contributed by atoms with Crippen LogP contribution >= 0.6 is 0 Å². The molecule has 1 aliphatic carbocycles. The van der Waals surface area contributed by atoms with Gasteiger partial charge < -0.3 is 10.1 Å². The van der Waals surface area contributed by atoms with Gasteiger partial charge >= 0.3 is 0 Å². The lowest BCUT2D eigenvalue weighted by atomic mass is 9.77. The molecule has 1 aromatic carbocycles. The van der Waals surface area contributed by atoms with Crippen LogP contribution in [0.1, 0.15) is 50.3 Å². The molecule has 0 saturated heterocycles. The first-order valence-corrected chi connectivity index (χ1v) is 7.75. The molecule has 106 valence electrons. The van der Waals surface area contributed by atoms with E-state index in [1.165, 1.54) is 36.8 Å². The van der Waals surface area contributed by atoms with E-state index < -0.39 is 0 Å². The smallest absolute Gasteiger partial charge is 0.0466 e. The van der Waals surface area contributed by atoms with Gasteiger partial charge in [0, 0.05) is 19.3 Å². The second-order valence-corrected chi connectivity index (χ2v) is 5.37. The van der Waals surface area contributed by atoms with Gasteiger partial charge in [0.15, 0.2) is 0 Å². The number of benzene rings is 1. The number of aryl methyl sites for hydroxylation is 1. The van der Waals surface area contributed by atoms with Crippen molar-refractivity contribution in [1.29, 1.82) is 0 Å². The molecule has 0 aliphatic heterocycles. The van der Waals surface area contributed by atoms with Crippen molar-refractivity contribution in [3.05, 3.63) is 35.4 Å². The highest BCUT2D eigenvalue weighted by Crippen LogP contribution is 2.36. The van der Waals surface area contributed by atoms with Gasteiger partial charge in [0.1, 0.15) is 0 Å². The summed E-state index contributed by atoms with van der Waals surface area (Å²) in [6.45, 7) is 7.06. The summed E-state index contributed by atoms with van der Waals surface area (Å²) in [6, 6.07) is 9.47. The lowest BCUT2D eigenvalue weighted by Crippen LogP contribution is -2.32. The zero-order valence-electron chi connectivity index (χ0n) is 12.3. The van der Waals surface area contributed by atoms with Gasteiger partial charge in [0.25, 0.3) is 0 Å². The highest BCUT2D eigenvalue weighted by atomic mass is 16.5. The molecule has 0 saturated carbocycles. The zero-order valence-corrected chi connectivity index (χ0v) is 12.3. The fourth-order valence-corrected chi connectivity index (χ4v) is 3.23. The van der Waals surface area contributed by atoms with E-state index in [1.54, 1.807) is 0 Å². The molecule has 0 fully saturated rings. The Morgan fingerprint density at radius 1 is 1.26 bits per heavy atom. The van der Waals surface area contributed by atoms with E-state index in [-0.39, 0.29) is 0 Å². The molecule has 0 spiro atoms. The van der Waals surface area contributed by atoms with Crippen LogP contribution in [0.3, 0.4) is 0 Å². The number of rotatable bonds is 7. The first kappa shape index (κ1) is 14.5. The second kappa shape index (κ2) is 7.66. The van der Waals surface area contributed by atoms with Crippen molar-refractivity contribution in [2.24, 2.45) is 5.92 Å². The molecule has 2 unspecified atom stereocenters. The number of hydrogen-bond acceptors (Lipinski definition) is 2. The van der Waals surface area contributed by atoms with E-state index in [1.807, 2.05) is 0 Å². The van der Waals surface area contributed by atoms with Gasteiger partial charge in [-0.05, 0) is 56.2 Å². The molecule has 1 N–H and O–H groups in total. The molecule has 0 radical (unpaired) electrons. The highest BCUT2D eigenvalue weighted by molar-refractivity contribution is 5.33. The summed E-state index contributed by atoms with van der Waals surface area (Å²) in [5.74, 6) is 0.760. The number of ether oxygens (including phenoxy) is 1. The first-order valence-electron chi connectivity index (χ1n) is 7.75. The van der Waals surface area contributed by atoms with Crippen molar-refractivity contribution in [3.8, 4) is 0 Å². The number of fused-ring (bicyclic) bond motifs is 1. The van der Waals surface area contributed by atoms with Crippen LogP contribution in [-0.2, 0) is 11.2 Å². The largest absolute Gasteiger partial charge is 0.382 e. The molecule has 19 heavy (non-hydrogen) atoms. The van der Waals surface area contributed by atoms with Crippen molar-refractivity contribution in [2.75, 3.05) is 19.8 Å². The van der Waals surface area contributed by atoms with Crippen molar-refractivity contribution in [2.45, 2.75) is 45.6 Å². The summed E-state index contributed by atoms with van der Waals surface area (Å²) in [6.07, 6.45) is 4.99. The van der Waals surface area contributed by atoms with Crippen LogP contribution in [0.2, 0.25) is 0 Å². The van der Waals surface area contributed by atoms with Gasteiger partial charge in [0.05, 0.1) is 0 Å². The van der Waals surface area contributed by atoms with E-state index >= 15 is 0 Å². The zero-order chi connectivity index (χ0) is 13.5. The SMILES string of the molecule is CCNC1c2ccccc2CCC1CCCOCC. The van der Waals surface area contributed by atoms with E-state index in [4.69, 9.17) is 4.74 Å². The van der Waals surface area contributed by atoms with Crippen LogP contribution in [0.15, 0.2) is 24.3 Å². The topological polar surface area (TPSA) is 21.3 Å². The van der Waals surface area contributed by atoms with Gasteiger partial charge in [-0.3, -0.25) is 0 Å². The van der Waals surface area contributed by atoms with Crippen molar-refractivity contribution >= 4 is 0 Å². The Morgan fingerprint density at radius 3 is 2.89 bits per heavy atom. The predicted octanol–water partition coefficient (Wildman–Crippen LogP) is 3.72. The molecule has 0 aromatic heterocycles. The summed E-state index contributed by atoms with van der Waals surface area (Å²) < 4.78 is 5.47. The van der Waals surface area contributed by atoms with Gasteiger partial charge in [-0.15, -0.1) is 0 Å². The summed E-state index contributed by atoms with van der Waals surface area (Å²) in [7, 11) is 0. The molecule has 2 nitrogen and oxygen atoms in total. The molecule has 0 amide bonds. The second-order valence-electron chi connectivity index (χ2n) is 5.37. The molecular formula is C17H27NO. The molecule has 2 rings (SSSR count). The molecule has 0 bridgehead atoms. The summed E-state index contributed by atoms with van der Waals surface area (Å²) in [4.78, 5) is 0. The van der Waals surface area contributed by atoms with Crippen LogP contribution in [0.25, 0.3) is 0 Å². The Morgan fingerprint density at radius 2 is 2.11 bits per heavy atom. The Balaban J connectivity index is 2.00. The first-order chi connectivity index (χ1) is 9.36.